The van der Waals surface area contributed by atoms with Gasteiger partial charge in [0.05, 0.1) is 6.61 Å². The molecule has 4 heteroatoms. The SMILES string of the molecule is CNC(O)CCCOCCN(C)C. The van der Waals surface area contributed by atoms with Crippen molar-refractivity contribution in [1.82, 2.24) is 10.2 Å². The van der Waals surface area contributed by atoms with Crippen molar-refractivity contribution in [3.05, 3.63) is 0 Å². The summed E-state index contributed by atoms with van der Waals surface area (Å²) < 4.78 is 5.36. The zero-order valence-corrected chi connectivity index (χ0v) is 8.92. The molecule has 0 aliphatic rings. The molecule has 0 heterocycles. The van der Waals surface area contributed by atoms with Crippen LogP contribution in [0.5, 0.6) is 0 Å². The Morgan fingerprint density at radius 3 is 2.62 bits per heavy atom. The Morgan fingerprint density at radius 2 is 2.08 bits per heavy atom. The van der Waals surface area contributed by atoms with E-state index < -0.39 is 6.23 Å². The maximum Gasteiger partial charge on any atom is 0.104 e. The van der Waals surface area contributed by atoms with Crippen molar-refractivity contribution >= 4 is 0 Å². The molecule has 0 saturated heterocycles. The van der Waals surface area contributed by atoms with Gasteiger partial charge in [-0.2, -0.15) is 0 Å². The molecule has 0 aromatic rings. The van der Waals surface area contributed by atoms with E-state index in [9.17, 15) is 0 Å². The first-order valence-electron chi connectivity index (χ1n) is 4.74. The van der Waals surface area contributed by atoms with Crippen LogP contribution in [0.3, 0.4) is 0 Å². The van der Waals surface area contributed by atoms with Gasteiger partial charge in [0, 0.05) is 13.2 Å². The Balaban J connectivity index is 2.99. The first-order valence-corrected chi connectivity index (χ1v) is 4.74. The Hall–Kier alpha value is -0.160. The lowest BCUT2D eigenvalue weighted by Gasteiger charge is -2.11. The molecule has 0 radical (unpaired) electrons. The summed E-state index contributed by atoms with van der Waals surface area (Å²) in [7, 11) is 5.79. The zero-order valence-electron chi connectivity index (χ0n) is 8.92. The highest BCUT2D eigenvalue weighted by molar-refractivity contribution is 4.48. The van der Waals surface area contributed by atoms with E-state index in [1.54, 1.807) is 7.05 Å². The maximum absolute atomic E-state index is 9.13. The van der Waals surface area contributed by atoms with Gasteiger partial charge in [-0.25, -0.2) is 0 Å². The molecule has 0 fully saturated rings. The number of hydrogen-bond acceptors (Lipinski definition) is 4. The average molecular weight is 190 g/mol. The van der Waals surface area contributed by atoms with Crippen LogP contribution < -0.4 is 5.32 Å². The summed E-state index contributed by atoms with van der Waals surface area (Å²) in [6.07, 6.45) is 1.26. The number of hydrogen-bond donors (Lipinski definition) is 2. The van der Waals surface area contributed by atoms with Crippen LogP contribution in [0, 0.1) is 0 Å². The minimum Gasteiger partial charge on any atom is -0.380 e. The van der Waals surface area contributed by atoms with Crippen LogP contribution >= 0.6 is 0 Å². The van der Waals surface area contributed by atoms with Crippen LogP contribution in [0.4, 0.5) is 0 Å². The number of rotatable bonds is 8. The van der Waals surface area contributed by atoms with E-state index in [-0.39, 0.29) is 0 Å². The first kappa shape index (κ1) is 12.8. The summed E-state index contributed by atoms with van der Waals surface area (Å²) >= 11 is 0. The van der Waals surface area contributed by atoms with Gasteiger partial charge in [-0.3, -0.25) is 5.32 Å². The second-order valence-corrected chi connectivity index (χ2v) is 3.36. The van der Waals surface area contributed by atoms with Crippen LogP contribution in [-0.2, 0) is 4.74 Å². The lowest BCUT2D eigenvalue weighted by atomic mass is 10.3. The summed E-state index contributed by atoms with van der Waals surface area (Å²) in [6.45, 7) is 2.45. The van der Waals surface area contributed by atoms with Crippen molar-refractivity contribution < 1.29 is 9.84 Å². The van der Waals surface area contributed by atoms with Gasteiger partial charge in [-0.15, -0.1) is 0 Å². The molecule has 0 bridgehead atoms. The molecule has 0 aliphatic carbocycles. The van der Waals surface area contributed by atoms with Gasteiger partial charge in [0.2, 0.25) is 0 Å². The normalized spacial score (nSPS) is 13.6. The second kappa shape index (κ2) is 8.44. The quantitative estimate of drug-likeness (QED) is 0.414. The van der Waals surface area contributed by atoms with E-state index in [1.165, 1.54) is 0 Å². The van der Waals surface area contributed by atoms with Crippen molar-refractivity contribution in [2.24, 2.45) is 0 Å². The van der Waals surface area contributed by atoms with Crippen molar-refractivity contribution in [3.63, 3.8) is 0 Å². The van der Waals surface area contributed by atoms with E-state index in [1.807, 2.05) is 14.1 Å². The lowest BCUT2D eigenvalue weighted by molar-refractivity contribution is 0.0886. The van der Waals surface area contributed by atoms with Crippen LogP contribution in [0.2, 0.25) is 0 Å². The Labute approximate surface area is 80.9 Å². The largest absolute Gasteiger partial charge is 0.380 e. The third kappa shape index (κ3) is 9.76. The molecule has 80 valence electrons. The Morgan fingerprint density at radius 1 is 1.38 bits per heavy atom. The lowest BCUT2D eigenvalue weighted by Crippen LogP contribution is -2.24. The minimum atomic E-state index is -0.391. The summed E-state index contributed by atoms with van der Waals surface area (Å²) in [5.74, 6) is 0. The van der Waals surface area contributed by atoms with Crippen LogP contribution in [-0.4, -0.2) is 57.1 Å². The van der Waals surface area contributed by atoms with Gasteiger partial charge in [0.25, 0.3) is 0 Å². The number of aliphatic hydroxyl groups is 1. The molecule has 0 spiro atoms. The molecular weight excluding hydrogens is 168 g/mol. The molecular formula is C9H22N2O2. The van der Waals surface area contributed by atoms with Gasteiger partial charge in [0.1, 0.15) is 6.23 Å². The molecule has 0 saturated carbocycles. The third-order valence-electron chi connectivity index (χ3n) is 1.78. The number of nitrogens with one attached hydrogen (secondary N) is 1. The summed E-state index contributed by atoms with van der Waals surface area (Å²) in [5.41, 5.74) is 0. The number of likely N-dealkylation sites (N-methyl/N-ethyl adjacent to an activating group) is 1. The molecule has 13 heavy (non-hydrogen) atoms. The fourth-order valence-corrected chi connectivity index (χ4v) is 0.872. The molecule has 1 unspecified atom stereocenters. The predicted octanol–water partition coefficient (Wildman–Crippen LogP) is -0.117. The van der Waals surface area contributed by atoms with Gasteiger partial charge in [-0.1, -0.05) is 0 Å². The molecule has 0 amide bonds. The molecule has 4 nitrogen and oxygen atoms in total. The smallest absolute Gasteiger partial charge is 0.104 e. The second-order valence-electron chi connectivity index (χ2n) is 3.36. The number of aliphatic hydroxyl groups excluding tert-OH is 1. The molecule has 0 aromatic heterocycles. The topological polar surface area (TPSA) is 44.7 Å². The van der Waals surface area contributed by atoms with E-state index in [0.29, 0.717) is 0 Å². The Bertz CT molecular complexity index is 110. The number of nitrogens with zero attached hydrogens (tertiary/aromatic N) is 1. The van der Waals surface area contributed by atoms with Gasteiger partial charge in [0.15, 0.2) is 0 Å². The molecule has 0 aromatic carbocycles. The maximum atomic E-state index is 9.13. The fourth-order valence-electron chi connectivity index (χ4n) is 0.872. The predicted molar refractivity (Wildman–Crippen MR) is 53.7 cm³/mol. The third-order valence-corrected chi connectivity index (χ3v) is 1.78. The standard InChI is InChI=1S/C9H22N2O2/c1-10-9(12)5-4-7-13-8-6-11(2)3/h9-10,12H,4-8H2,1-3H3. The van der Waals surface area contributed by atoms with Crippen LogP contribution in [0.1, 0.15) is 12.8 Å². The molecule has 1 atom stereocenters. The highest BCUT2D eigenvalue weighted by Crippen LogP contribution is 1.93. The summed E-state index contributed by atoms with van der Waals surface area (Å²) in [5, 5.41) is 11.9. The van der Waals surface area contributed by atoms with E-state index in [4.69, 9.17) is 9.84 Å². The Kier molecular flexibility index (Phi) is 8.33. The minimum absolute atomic E-state index is 0.391. The van der Waals surface area contributed by atoms with Gasteiger partial charge in [-0.05, 0) is 34.0 Å². The molecule has 0 aliphatic heterocycles. The number of ether oxygens (including phenoxy) is 1. The highest BCUT2D eigenvalue weighted by atomic mass is 16.5. The van der Waals surface area contributed by atoms with Crippen LogP contribution in [0.15, 0.2) is 0 Å². The van der Waals surface area contributed by atoms with Crippen molar-refractivity contribution in [3.8, 4) is 0 Å². The highest BCUT2D eigenvalue weighted by Gasteiger charge is 1.98. The van der Waals surface area contributed by atoms with Crippen molar-refractivity contribution in [2.45, 2.75) is 19.1 Å². The first-order chi connectivity index (χ1) is 6.16. The molecule has 0 rings (SSSR count). The van der Waals surface area contributed by atoms with E-state index in [2.05, 4.69) is 10.2 Å². The van der Waals surface area contributed by atoms with Crippen molar-refractivity contribution in [2.75, 3.05) is 40.9 Å². The van der Waals surface area contributed by atoms with Crippen LogP contribution in [0.25, 0.3) is 0 Å². The fraction of sp³-hybridized carbons (Fsp3) is 1.00. The van der Waals surface area contributed by atoms with E-state index >= 15 is 0 Å². The molecule has 2 N–H and O–H groups in total. The van der Waals surface area contributed by atoms with Gasteiger partial charge >= 0.3 is 0 Å². The monoisotopic (exact) mass is 190 g/mol. The summed E-state index contributed by atoms with van der Waals surface area (Å²) in [4.78, 5) is 2.09. The van der Waals surface area contributed by atoms with Crippen molar-refractivity contribution in [1.29, 1.82) is 0 Å². The zero-order chi connectivity index (χ0) is 10.1. The summed E-state index contributed by atoms with van der Waals surface area (Å²) in [6, 6.07) is 0. The van der Waals surface area contributed by atoms with E-state index in [0.717, 1.165) is 32.6 Å². The van der Waals surface area contributed by atoms with Gasteiger partial charge < -0.3 is 14.7 Å². The average Bonchev–Trinajstić information content (AvgIpc) is 2.10.